The van der Waals surface area contributed by atoms with E-state index in [-0.39, 0.29) is 17.2 Å². The summed E-state index contributed by atoms with van der Waals surface area (Å²) in [7, 11) is -4.90. The fraction of sp³-hybridized carbons (Fsp3) is 0.480. The number of rotatable bonds is 7. The van der Waals surface area contributed by atoms with E-state index in [1.807, 2.05) is 20.8 Å². The van der Waals surface area contributed by atoms with E-state index in [4.69, 9.17) is 0 Å². The molecule has 0 radical (unpaired) electrons. The summed E-state index contributed by atoms with van der Waals surface area (Å²) in [6.45, 7) is 5.82. The molecule has 3 rings (SSSR count). The van der Waals surface area contributed by atoms with Crippen LogP contribution in [0.4, 0.5) is 17.6 Å². The van der Waals surface area contributed by atoms with Crippen molar-refractivity contribution in [3.8, 4) is 0 Å². The molecule has 0 fully saturated rings. The molecule has 0 bridgehead atoms. The Labute approximate surface area is 236 Å². The van der Waals surface area contributed by atoms with E-state index in [0.29, 0.717) is 9.79 Å². The summed E-state index contributed by atoms with van der Waals surface area (Å²) in [6, 6.07) is 12.0. The predicted molar refractivity (Wildman–Crippen MR) is 152 cm³/mol. The molecule has 0 saturated carbocycles. The lowest BCUT2D eigenvalue weighted by Crippen LogP contribution is -2.55. The summed E-state index contributed by atoms with van der Waals surface area (Å²) in [4.78, 5) is 21.9. The third kappa shape index (κ3) is 6.54. The van der Waals surface area contributed by atoms with E-state index >= 15 is 4.39 Å². The highest BCUT2D eigenvalue weighted by molar-refractivity contribution is 9.10. The lowest BCUT2D eigenvalue weighted by molar-refractivity contribution is -0.117. The standard InChI is InChI=1S/C25H32BrF4N5O2SSi/c1-6-39(7-2,8-3)18-14-19(26)32-21(20(18)27)24(4)16-38(37,31-15-25(28,29)30)35(5)23(34-24)33-22(36)17-12-10-9-11-13-17/h9-14H,6-8,15-16H2,1-5H3,(H,33,34,36)/t24-,38+/m0/s1. The third-order valence-electron chi connectivity index (χ3n) is 7.29. The molecule has 39 heavy (non-hydrogen) atoms. The van der Waals surface area contributed by atoms with E-state index in [2.05, 4.69) is 35.6 Å². The molecule has 2 aromatic rings. The van der Waals surface area contributed by atoms with Gasteiger partial charge in [0.15, 0.2) is 0 Å². The number of halogens is 5. The Morgan fingerprint density at radius 2 is 1.79 bits per heavy atom. The monoisotopic (exact) mass is 649 g/mol. The van der Waals surface area contributed by atoms with Crippen LogP contribution in [0.15, 0.2) is 50.4 Å². The van der Waals surface area contributed by atoms with Crippen LogP contribution in [0.3, 0.4) is 0 Å². The van der Waals surface area contributed by atoms with Gasteiger partial charge in [-0.05, 0) is 46.2 Å². The Balaban J connectivity index is 2.26. The van der Waals surface area contributed by atoms with E-state index in [1.54, 1.807) is 24.3 Å². The molecule has 2 atom stereocenters. The largest absolute Gasteiger partial charge is 0.408 e. The van der Waals surface area contributed by atoms with Gasteiger partial charge >= 0.3 is 6.18 Å². The van der Waals surface area contributed by atoms with Gasteiger partial charge in [0.2, 0.25) is 5.96 Å². The minimum Gasteiger partial charge on any atom is -0.292 e. The molecule has 1 aliphatic rings. The van der Waals surface area contributed by atoms with Gasteiger partial charge < -0.3 is 0 Å². The minimum atomic E-state index is -4.72. The first kappa shape index (κ1) is 31.2. The van der Waals surface area contributed by atoms with E-state index < -0.39 is 53.7 Å². The lowest BCUT2D eigenvalue weighted by Gasteiger charge is -2.38. The van der Waals surface area contributed by atoms with Crippen LogP contribution < -0.4 is 10.5 Å². The summed E-state index contributed by atoms with van der Waals surface area (Å²) in [5.74, 6) is -2.09. The normalized spacial score (nSPS) is 21.9. The summed E-state index contributed by atoms with van der Waals surface area (Å²) >= 11 is 3.37. The van der Waals surface area contributed by atoms with Crippen LogP contribution in [0.5, 0.6) is 0 Å². The van der Waals surface area contributed by atoms with Gasteiger partial charge in [-0.2, -0.15) is 13.2 Å². The van der Waals surface area contributed by atoms with E-state index in [9.17, 15) is 22.2 Å². The molecule has 1 amide bonds. The van der Waals surface area contributed by atoms with Gasteiger partial charge in [0.1, 0.15) is 38.1 Å². The Hall–Kier alpha value is -2.32. The number of alkyl halides is 3. The highest BCUT2D eigenvalue weighted by Crippen LogP contribution is 2.35. The van der Waals surface area contributed by atoms with Crippen LogP contribution in [0, 0.1) is 5.82 Å². The molecule has 1 aromatic heterocycles. The number of aromatic nitrogens is 1. The topological polar surface area (TPSA) is 87.0 Å². The Kier molecular flexibility index (Phi) is 9.32. The lowest BCUT2D eigenvalue weighted by atomic mass is 10.00. The van der Waals surface area contributed by atoms with Gasteiger partial charge in [0.05, 0.1) is 13.8 Å². The zero-order valence-corrected chi connectivity index (χ0v) is 25.8. The van der Waals surface area contributed by atoms with Crippen molar-refractivity contribution < 1.29 is 26.6 Å². The first-order valence-corrected chi connectivity index (χ1v) is 17.5. The van der Waals surface area contributed by atoms with Crippen LogP contribution in [-0.2, 0) is 15.5 Å². The van der Waals surface area contributed by atoms with E-state index in [1.165, 1.54) is 26.1 Å². The number of hydrogen-bond acceptors (Lipinski definition) is 5. The Morgan fingerprint density at radius 3 is 2.33 bits per heavy atom. The number of amides is 1. The molecular formula is C25H32BrF4N5O2SSi. The molecule has 0 aliphatic carbocycles. The second-order valence-corrected chi connectivity index (χ2v) is 18.0. The molecule has 2 heterocycles. The number of aliphatic imine (C=N–C) groups is 1. The maximum absolute atomic E-state index is 16.4. The maximum Gasteiger partial charge on any atom is 0.408 e. The summed E-state index contributed by atoms with van der Waals surface area (Å²) in [5, 5.41) is 3.06. The van der Waals surface area contributed by atoms with Gasteiger partial charge in [0, 0.05) is 12.6 Å². The van der Waals surface area contributed by atoms with Gasteiger partial charge in [-0.25, -0.2) is 22.9 Å². The quantitative estimate of drug-likeness (QED) is 0.241. The SMILES string of the molecule is CC[Si](CC)(CC)c1cc(Br)nc([C@]2(C)C[S@@](=O)(=NCC(F)(F)F)N(C)C(NC(=O)c3ccccc3)=N2)c1F. The van der Waals surface area contributed by atoms with Crippen LogP contribution in [0.2, 0.25) is 18.1 Å². The zero-order chi connectivity index (χ0) is 29.2. The van der Waals surface area contributed by atoms with Crippen molar-refractivity contribution in [1.29, 1.82) is 0 Å². The number of carbonyl (C=O) groups is 1. The molecule has 214 valence electrons. The fourth-order valence-electron chi connectivity index (χ4n) is 4.79. The van der Waals surface area contributed by atoms with Crippen molar-refractivity contribution in [3.05, 3.63) is 58.1 Å². The average Bonchev–Trinajstić information content (AvgIpc) is 2.89. The molecule has 1 aromatic carbocycles. The molecule has 0 saturated heterocycles. The number of hydrogen-bond donors (Lipinski definition) is 1. The molecule has 14 heteroatoms. The van der Waals surface area contributed by atoms with E-state index in [0.717, 1.165) is 22.4 Å². The second kappa shape index (κ2) is 11.7. The number of nitrogens with one attached hydrogen (secondary N) is 1. The average molecular weight is 651 g/mol. The molecule has 1 aliphatic heterocycles. The second-order valence-electron chi connectivity index (χ2n) is 9.68. The highest BCUT2D eigenvalue weighted by Gasteiger charge is 2.45. The highest BCUT2D eigenvalue weighted by atomic mass is 79.9. The van der Waals surface area contributed by atoms with Gasteiger partial charge in [0.25, 0.3) is 5.91 Å². The minimum absolute atomic E-state index is 0.159. The third-order valence-corrected chi connectivity index (χ3v) is 15.8. The Bertz CT molecular complexity index is 1370. The molecule has 0 unspecified atom stereocenters. The number of guanidine groups is 1. The van der Waals surface area contributed by atoms with Crippen LogP contribution >= 0.6 is 15.9 Å². The summed E-state index contributed by atoms with van der Waals surface area (Å²) in [6.07, 6.45) is -4.72. The number of benzene rings is 1. The molecule has 0 spiro atoms. The zero-order valence-electron chi connectivity index (χ0n) is 22.4. The number of nitrogens with zero attached hydrogens (tertiary/aromatic N) is 4. The first-order chi connectivity index (χ1) is 18.1. The van der Waals surface area contributed by atoms with Crippen molar-refractivity contribution in [2.45, 2.75) is 57.5 Å². The maximum atomic E-state index is 16.4. The first-order valence-electron chi connectivity index (χ1n) is 12.5. The van der Waals surface area contributed by atoms with Gasteiger partial charge in [-0.1, -0.05) is 57.1 Å². The fourth-order valence-corrected chi connectivity index (χ4v) is 11.2. The summed E-state index contributed by atoms with van der Waals surface area (Å²) < 4.78 is 74.7. The van der Waals surface area contributed by atoms with Crippen LogP contribution in [-0.4, -0.2) is 59.0 Å². The molecule has 7 nitrogen and oxygen atoms in total. The van der Waals surface area contributed by atoms with Gasteiger partial charge in [-0.15, -0.1) is 0 Å². The van der Waals surface area contributed by atoms with Crippen molar-refractivity contribution >= 4 is 51.0 Å². The number of carbonyl (C=O) groups excluding carboxylic acids is 1. The molecular weight excluding hydrogens is 618 g/mol. The van der Waals surface area contributed by atoms with Gasteiger partial charge in [-0.3, -0.25) is 14.4 Å². The smallest absolute Gasteiger partial charge is 0.292 e. The Morgan fingerprint density at radius 1 is 1.21 bits per heavy atom. The van der Waals surface area contributed by atoms with Crippen molar-refractivity contribution in [1.82, 2.24) is 14.6 Å². The predicted octanol–water partition coefficient (Wildman–Crippen LogP) is 5.59. The number of pyridine rings is 1. The van der Waals surface area contributed by atoms with Crippen LogP contribution in [0.25, 0.3) is 0 Å². The summed E-state index contributed by atoms with van der Waals surface area (Å²) in [5.41, 5.74) is -1.61. The van der Waals surface area contributed by atoms with Crippen LogP contribution in [0.1, 0.15) is 43.7 Å². The van der Waals surface area contributed by atoms with Crippen molar-refractivity contribution in [2.24, 2.45) is 9.36 Å². The van der Waals surface area contributed by atoms with Crippen molar-refractivity contribution in [2.75, 3.05) is 19.3 Å². The molecule has 1 N–H and O–H groups in total. The van der Waals surface area contributed by atoms with Crippen molar-refractivity contribution in [3.63, 3.8) is 0 Å².